The number of carbonyl (C=O) groups is 1. The summed E-state index contributed by atoms with van der Waals surface area (Å²) in [6.45, 7) is 0.0190. The third kappa shape index (κ3) is 3.41. The molecule has 0 aromatic heterocycles. The summed E-state index contributed by atoms with van der Waals surface area (Å²) in [6.07, 6.45) is 0. The zero-order valence-electron chi connectivity index (χ0n) is 17.0. The normalized spacial score (nSPS) is 13.4. The third-order valence-electron chi connectivity index (χ3n) is 5.19. The van der Waals surface area contributed by atoms with E-state index in [1.165, 1.54) is 12.1 Å². The van der Waals surface area contributed by atoms with Crippen molar-refractivity contribution in [2.75, 3.05) is 32.7 Å². The van der Waals surface area contributed by atoms with Gasteiger partial charge in [0.15, 0.2) is 0 Å². The zero-order valence-corrected chi connectivity index (χ0v) is 17.0. The van der Waals surface area contributed by atoms with E-state index < -0.39 is 0 Å². The molecule has 0 N–H and O–H groups in total. The summed E-state index contributed by atoms with van der Waals surface area (Å²) in [5.41, 5.74) is 4.56. The molecule has 0 bridgehead atoms. The maximum atomic E-state index is 13.5. The van der Waals surface area contributed by atoms with Gasteiger partial charge in [0.25, 0.3) is 0 Å². The summed E-state index contributed by atoms with van der Waals surface area (Å²) in [5, 5.41) is 0. The number of likely N-dealkylation sites (N-methyl/N-ethyl adjacent to an activating group) is 1. The van der Waals surface area contributed by atoms with Crippen LogP contribution < -0.4 is 14.4 Å². The SMILES string of the molecule is COc1cccc(OC)c1-c1ccc2c(c1)C(c1ccc(F)cc1)=NCC(=O)N2C. The Kier molecular flexibility index (Phi) is 5.23. The number of aliphatic imine (C=N–C) groups is 1. The highest BCUT2D eigenvalue weighted by Gasteiger charge is 2.24. The lowest BCUT2D eigenvalue weighted by atomic mass is 9.94. The van der Waals surface area contributed by atoms with Crippen LogP contribution in [0.25, 0.3) is 11.1 Å². The van der Waals surface area contributed by atoms with Gasteiger partial charge in [-0.15, -0.1) is 0 Å². The first kappa shape index (κ1) is 19.6. The number of ether oxygens (including phenoxy) is 2. The van der Waals surface area contributed by atoms with E-state index >= 15 is 0 Å². The van der Waals surface area contributed by atoms with Crippen molar-refractivity contribution >= 4 is 17.3 Å². The van der Waals surface area contributed by atoms with Crippen LogP contribution in [-0.4, -0.2) is 39.4 Å². The van der Waals surface area contributed by atoms with Crippen LogP contribution in [0.4, 0.5) is 10.1 Å². The summed E-state index contributed by atoms with van der Waals surface area (Å²) < 4.78 is 24.6. The lowest BCUT2D eigenvalue weighted by Gasteiger charge is -2.20. The van der Waals surface area contributed by atoms with Crippen molar-refractivity contribution in [2.24, 2.45) is 4.99 Å². The number of hydrogen-bond acceptors (Lipinski definition) is 4. The van der Waals surface area contributed by atoms with Gasteiger partial charge in [-0.1, -0.05) is 12.1 Å². The number of methoxy groups -OCH3 is 2. The number of benzodiazepines with no additional fused rings is 1. The highest BCUT2D eigenvalue weighted by molar-refractivity contribution is 6.20. The van der Waals surface area contributed by atoms with Crippen LogP contribution in [0.15, 0.2) is 65.7 Å². The van der Waals surface area contributed by atoms with Gasteiger partial charge in [-0.2, -0.15) is 0 Å². The molecule has 152 valence electrons. The van der Waals surface area contributed by atoms with Crippen LogP contribution in [0.2, 0.25) is 0 Å². The number of hydrogen-bond donors (Lipinski definition) is 0. The average Bonchev–Trinajstić information content (AvgIpc) is 2.90. The van der Waals surface area contributed by atoms with Gasteiger partial charge in [-0.25, -0.2) is 4.39 Å². The standard InChI is InChI=1S/C24H21FN2O3/c1-27-19-12-9-16(23-20(29-2)5-4-6-21(23)30-3)13-18(19)24(26-14-22(27)28)15-7-10-17(25)11-8-15/h4-13H,14H2,1-3H3. The predicted molar refractivity (Wildman–Crippen MR) is 115 cm³/mol. The fourth-order valence-corrected chi connectivity index (χ4v) is 3.64. The number of nitrogens with zero attached hydrogens (tertiary/aromatic N) is 2. The van der Waals surface area contributed by atoms with Crippen molar-refractivity contribution in [3.8, 4) is 22.6 Å². The van der Waals surface area contributed by atoms with Crippen molar-refractivity contribution in [3.05, 3.63) is 77.6 Å². The fourth-order valence-electron chi connectivity index (χ4n) is 3.64. The van der Waals surface area contributed by atoms with Crippen molar-refractivity contribution in [1.82, 2.24) is 0 Å². The molecule has 30 heavy (non-hydrogen) atoms. The Balaban J connectivity index is 1.95. The van der Waals surface area contributed by atoms with E-state index in [2.05, 4.69) is 4.99 Å². The molecule has 0 spiro atoms. The van der Waals surface area contributed by atoms with Gasteiger partial charge < -0.3 is 14.4 Å². The molecule has 0 saturated heterocycles. The van der Waals surface area contributed by atoms with Gasteiger partial charge in [-0.05, 0) is 54.1 Å². The molecule has 1 amide bonds. The molecule has 3 aromatic carbocycles. The zero-order chi connectivity index (χ0) is 21.3. The monoisotopic (exact) mass is 404 g/mol. The second kappa shape index (κ2) is 7.99. The van der Waals surface area contributed by atoms with Crippen molar-refractivity contribution in [2.45, 2.75) is 0 Å². The van der Waals surface area contributed by atoms with Gasteiger partial charge >= 0.3 is 0 Å². The second-order valence-electron chi connectivity index (χ2n) is 6.89. The topological polar surface area (TPSA) is 51.1 Å². The number of halogens is 1. The first-order valence-corrected chi connectivity index (χ1v) is 9.46. The molecule has 0 saturated carbocycles. The minimum Gasteiger partial charge on any atom is -0.496 e. The summed E-state index contributed by atoms with van der Waals surface area (Å²) in [4.78, 5) is 18.6. The molecule has 0 unspecified atom stereocenters. The summed E-state index contributed by atoms with van der Waals surface area (Å²) >= 11 is 0. The van der Waals surface area contributed by atoms with E-state index in [4.69, 9.17) is 9.47 Å². The smallest absolute Gasteiger partial charge is 0.248 e. The van der Waals surface area contributed by atoms with Gasteiger partial charge in [0, 0.05) is 18.2 Å². The molecule has 1 heterocycles. The number of carbonyl (C=O) groups excluding carboxylic acids is 1. The van der Waals surface area contributed by atoms with E-state index in [1.54, 1.807) is 38.3 Å². The molecule has 6 heteroatoms. The number of rotatable bonds is 4. The minimum atomic E-state index is -0.325. The molecule has 5 nitrogen and oxygen atoms in total. The van der Waals surface area contributed by atoms with Crippen LogP contribution in [-0.2, 0) is 4.79 Å². The second-order valence-corrected chi connectivity index (χ2v) is 6.89. The van der Waals surface area contributed by atoms with Crippen LogP contribution in [0.5, 0.6) is 11.5 Å². The predicted octanol–water partition coefficient (Wildman–Crippen LogP) is 4.32. The van der Waals surface area contributed by atoms with Crippen molar-refractivity contribution < 1.29 is 18.7 Å². The molecule has 0 aliphatic carbocycles. The average molecular weight is 404 g/mol. The Morgan fingerprint density at radius 3 is 2.20 bits per heavy atom. The van der Waals surface area contributed by atoms with Crippen molar-refractivity contribution in [1.29, 1.82) is 0 Å². The molecule has 1 aliphatic heterocycles. The summed E-state index contributed by atoms with van der Waals surface area (Å²) in [6, 6.07) is 17.5. The van der Waals surface area contributed by atoms with Gasteiger partial charge in [0.1, 0.15) is 23.9 Å². The first-order chi connectivity index (χ1) is 14.5. The van der Waals surface area contributed by atoms with E-state index in [-0.39, 0.29) is 18.3 Å². The van der Waals surface area contributed by atoms with Gasteiger partial charge in [0.05, 0.1) is 31.2 Å². The molecule has 0 fully saturated rings. The summed E-state index contributed by atoms with van der Waals surface area (Å²) in [7, 11) is 4.95. The van der Waals surface area contributed by atoms with Crippen LogP contribution in [0.3, 0.4) is 0 Å². The Morgan fingerprint density at radius 1 is 0.933 bits per heavy atom. The molecule has 4 rings (SSSR count). The maximum Gasteiger partial charge on any atom is 0.248 e. The van der Waals surface area contributed by atoms with Gasteiger partial charge in [0.2, 0.25) is 5.91 Å². The Morgan fingerprint density at radius 2 is 1.57 bits per heavy atom. The van der Waals surface area contributed by atoms with Crippen LogP contribution in [0, 0.1) is 5.82 Å². The molecule has 1 aliphatic rings. The van der Waals surface area contributed by atoms with E-state index in [1.807, 2.05) is 36.4 Å². The Bertz CT molecular complexity index is 1120. The highest BCUT2D eigenvalue weighted by atomic mass is 19.1. The number of anilines is 1. The molecular formula is C24H21FN2O3. The minimum absolute atomic E-state index is 0.0190. The van der Waals surface area contributed by atoms with Gasteiger partial charge in [-0.3, -0.25) is 9.79 Å². The van der Waals surface area contributed by atoms with E-state index in [0.717, 1.165) is 27.9 Å². The lowest BCUT2D eigenvalue weighted by Crippen LogP contribution is -2.27. The molecular weight excluding hydrogens is 383 g/mol. The fraction of sp³-hybridized carbons (Fsp3) is 0.167. The molecule has 0 atom stereocenters. The highest BCUT2D eigenvalue weighted by Crippen LogP contribution is 2.40. The van der Waals surface area contributed by atoms with Crippen LogP contribution >= 0.6 is 0 Å². The maximum absolute atomic E-state index is 13.5. The Hall–Kier alpha value is -3.67. The largest absolute Gasteiger partial charge is 0.496 e. The van der Waals surface area contributed by atoms with Crippen molar-refractivity contribution in [3.63, 3.8) is 0 Å². The number of fused-ring (bicyclic) bond motifs is 1. The summed E-state index contributed by atoms with van der Waals surface area (Å²) in [5.74, 6) is 0.908. The molecule has 0 radical (unpaired) electrons. The molecule has 3 aromatic rings. The van der Waals surface area contributed by atoms with E-state index in [0.29, 0.717) is 17.2 Å². The number of amides is 1. The van der Waals surface area contributed by atoms with Crippen LogP contribution in [0.1, 0.15) is 11.1 Å². The third-order valence-corrected chi connectivity index (χ3v) is 5.19. The Labute approximate surface area is 174 Å². The van der Waals surface area contributed by atoms with E-state index in [9.17, 15) is 9.18 Å². The lowest BCUT2D eigenvalue weighted by molar-refractivity contribution is -0.116. The quantitative estimate of drug-likeness (QED) is 0.651. The first-order valence-electron chi connectivity index (χ1n) is 9.46. The number of benzene rings is 3.